The number of carbonyl (C=O) groups excluding carboxylic acids is 1. The van der Waals surface area contributed by atoms with Crippen LogP contribution in [0.2, 0.25) is 0 Å². The molecule has 1 amide bonds. The SMILES string of the molecule is COCC(=O)Nc1cccc(S(=O)(=O)n2cc(C)cc2-c2ccccc2F)c1. The van der Waals surface area contributed by atoms with Gasteiger partial charge in [0.25, 0.3) is 10.0 Å². The molecule has 0 atom stereocenters. The van der Waals surface area contributed by atoms with E-state index in [0.717, 1.165) is 3.97 Å². The second kappa shape index (κ2) is 7.95. The zero-order chi connectivity index (χ0) is 20.3. The minimum absolute atomic E-state index is 0.0316. The van der Waals surface area contributed by atoms with Crippen molar-refractivity contribution < 1.29 is 22.3 Å². The molecule has 146 valence electrons. The Morgan fingerprint density at radius 3 is 2.61 bits per heavy atom. The summed E-state index contributed by atoms with van der Waals surface area (Å²) in [7, 11) is -2.63. The van der Waals surface area contributed by atoms with Gasteiger partial charge in [0.05, 0.1) is 10.6 Å². The number of nitrogens with one attached hydrogen (secondary N) is 1. The number of nitrogens with zero attached hydrogens (tertiary/aromatic N) is 1. The average molecular weight is 402 g/mol. The van der Waals surface area contributed by atoms with Gasteiger partial charge in [-0.15, -0.1) is 0 Å². The number of amides is 1. The monoisotopic (exact) mass is 402 g/mol. The lowest BCUT2D eigenvalue weighted by atomic mass is 10.1. The van der Waals surface area contributed by atoms with Crippen molar-refractivity contribution in [3.05, 3.63) is 72.2 Å². The Balaban J connectivity index is 2.06. The van der Waals surface area contributed by atoms with E-state index in [2.05, 4.69) is 5.32 Å². The van der Waals surface area contributed by atoms with E-state index in [9.17, 15) is 17.6 Å². The Hall–Kier alpha value is -2.97. The number of rotatable bonds is 6. The number of methoxy groups -OCH3 is 1. The Kier molecular flexibility index (Phi) is 5.62. The molecule has 0 aliphatic rings. The van der Waals surface area contributed by atoms with Crippen LogP contribution in [0, 0.1) is 12.7 Å². The first-order valence-corrected chi connectivity index (χ1v) is 9.85. The molecule has 3 aromatic rings. The van der Waals surface area contributed by atoms with Crippen LogP contribution in [-0.4, -0.2) is 32.0 Å². The number of ether oxygens (including phenoxy) is 1. The smallest absolute Gasteiger partial charge is 0.268 e. The molecule has 0 spiro atoms. The van der Waals surface area contributed by atoms with Crippen LogP contribution in [0.5, 0.6) is 0 Å². The molecule has 0 saturated carbocycles. The number of aryl methyl sites for hydroxylation is 1. The molecule has 0 aliphatic heterocycles. The molecular weight excluding hydrogens is 383 g/mol. The zero-order valence-corrected chi connectivity index (χ0v) is 16.2. The summed E-state index contributed by atoms with van der Waals surface area (Å²) in [4.78, 5) is 11.7. The van der Waals surface area contributed by atoms with Crippen molar-refractivity contribution in [2.75, 3.05) is 19.0 Å². The first-order valence-electron chi connectivity index (χ1n) is 8.41. The van der Waals surface area contributed by atoms with Crippen LogP contribution >= 0.6 is 0 Å². The minimum Gasteiger partial charge on any atom is -0.375 e. The highest BCUT2D eigenvalue weighted by atomic mass is 32.2. The van der Waals surface area contributed by atoms with Crippen molar-refractivity contribution in [2.45, 2.75) is 11.8 Å². The van der Waals surface area contributed by atoms with Crippen molar-refractivity contribution >= 4 is 21.6 Å². The predicted octanol–water partition coefficient (Wildman–Crippen LogP) is 3.42. The third-order valence-electron chi connectivity index (χ3n) is 4.02. The largest absolute Gasteiger partial charge is 0.375 e. The van der Waals surface area contributed by atoms with Gasteiger partial charge in [-0.05, 0) is 48.9 Å². The molecule has 8 heteroatoms. The summed E-state index contributed by atoms with van der Waals surface area (Å²) in [6, 6.07) is 13.5. The van der Waals surface area contributed by atoms with Crippen LogP contribution in [0.25, 0.3) is 11.3 Å². The molecule has 1 N–H and O–H groups in total. The van der Waals surface area contributed by atoms with E-state index < -0.39 is 21.7 Å². The van der Waals surface area contributed by atoms with E-state index >= 15 is 0 Å². The standard InChI is InChI=1S/C20H19FN2O4S/c1-14-10-19(17-8-3-4-9-18(17)21)23(12-14)28(25,26)16-7-5-6-15(11-16)22-20(24)13-27-2/h3-12H,13H2,1-2H3,(H,22,24). The first kappa shape index (κ1) is 19.8. The minimum atomic E-state index is -4.02. The number of anilines is 1. The predicted molar refractivity (Wildman–Crippen MR) is 104 cm³/mol. The summed E-state index contributed by atoms with van der Waals surface area (Å²) in [5, 5.41) is 2.57. The van der Waals surface area contributed by atoms with Crippen molar-refractivity contribution in [3.63, 3.8) is 0 Å². The van der Waals surface area contributed by atoms with Crippen LogP contribution in [0.3, 0.4) is 0 Å². The molecule has 1 heterocycles. The van der Waals surface area contributed by atoms with Crippen LogP contribution in [0.15, 0.2) is 65.7 Å². The van der Waals surface area contributed by atoms with Gasteiger partial charge < -0.3 is 10.1 Å². The lowest BCUT2D eigenvalue weighted by molar-refractivity contribution is -0.119. The van der Waals surface area contributed by atoms with Crippen molar-refractivity contribution in [1.29, 1.82) is 0 Å². The van der Waals surface area contributed by atoms with Crippen molar-refractivity contribution in [1.82, 2.24) is 3.97 Å². The molecule has 0 aliphatic carbocycles. The highest BCUT2D eigenvalue weighted by Crippen LogP contribution is 2.29. The van der Waals surface area contributed by atoms with E-state index in [1.807, 2.05) is 0 Å². The molecule has 0 unspecified atom stereocenters. The number of halogens is 1. The van der Waals surface area contributed by atoms with Gasteiger partial charge in [-0.25, -0.2) is 16.8 Å². The maximum atomic E-state index is 14.3. The molecule has 0 bridgehead atoms. The third-order valence-corrected chi connectivity index (χ3v) is 5.69. The molecule has 2 aromatic carbocycles. The Morgan fingerprint density at radius 2 is 1.89 bits per heavy atom. The second-order valence-electron chi connectivity index (χ2n) is 6.19. The topological polar surface area (TPSA) is 77.4 Å². The average Bonchev–Trinajstić information content (AvgIpc) is 3.05. The Bertz CT molecular complexity index is 1120. The maximum absolute atomic E-state index is 14.3. The highest BCUT2D eigenvalue weighted by Gasteiger charge is 2.23. The van der Waals surface area contributed by atoms with Gasteiger partial charge in [0.2, 0.25) is 5.91 Å². The van der Waals surface area contributed by atoms with E-state index in [4.69, 9.17) is 4.74 Å². The van der Waals surface area contributed by atoms with Crippen molar-refractivity contribution in [3.8, 4) is 11.3 Å². The molecular formula is C20H19FN2O4S. The number of hydrogen-bond acceptors (Lipinski definition) is 4. The number of benzene rings is 2. The number of aromatic nitrogens is 1. The summed E-state index contributed by atoms with van der Waals surface area (Å²) < 4.78 is 46.5. The van der Waals surface area contributed by atoms with Gasteiger partial charge in [0.15, 0.2) is 0 Å². The fraction of sp³-hybridized carbons (Fsp3) is 0.150. The summed E-state index contributed by atoms with van der Waals surface area (Å²) in [5.74, 6) is -0.918. The fourth-order valence-electron chi connectivity index (χ4n) is 2.81. The van der Waals surface area contributed by atoms with E-state index in [1.54, 1.807) is 31.2 Å². The summed E-state index contributed by atoms with van der Waals surface area (Å²) in [6.07, 6.45) is 1.44. The zero-order valence-electron chi connectivity index (χ0n) is 15.3. The summed E-state index contributed by atoms with van der Waals surface area (Å²) in [6.45, 7) is 1.59. The summed E-state index contributed by atoms with van der Waals surface area (Å²) >= 11 is 0. The second-order valence-corrected chi connectivity index (χ2v) is 8.01. The lowest BCUT2D eigenvalue weighted by Crippen LogP contribution is -2.18. The molecule has 3 rings (SSSR count). The van der Waals surface area contributed by atoms with Gasteiger partial charge in [0, 0.05) is 24.6 Å². The van der Waals surface area contributed by atoms with Gasteiger partial charge in [-0.3, -0.25) is 4.79 Å². The van der Waals surface area contributed by atoms with Gasteiger partial charge >= 0.3 is 0 Å². The van der Waals surface area contributed by atoms with E-state index in [1.165, 1.54) is 43.6 Å². The van der Waals surface area contributed by atoms with Crippen LogP contribution in [0.4, 0.5) is 10.1 Å². The van der Waals surface area contributed by atoms with Gasteiger partial charge in [-0.1, -0.05) is 18.2 Å². The van der Waals surface area contributed by atoms with Crippen LogP contribution in [-0.2, 0) is 19.6 Å². The molecule has 0 radical (unpaired) electrons. The molecule has 0 fully saturated rings. The highest BCUT2D eigenvalue weighted by molar-refractivity contribution is 7.90. The lowest BCUT2D eigenvalue weighted by Gasteiger charge is -2.12. The maximum Gasteiger partial charge on any atom is 0.268 e. The molecule has 28 heavy (non-hydrogen) atoms. The van der Waals surface area contributed by atoms with E-state index in [0.29, 0.717) is 11.3 Å². The van der Waals surface area contributed by atoms with E-state index in [-0.39, 0.29) is 22.8 Å². The van der Waals surface area contributed by atoms with Gasteiger partial charge in [0.1, 0.15) is 12.4 Å². The molecule has 0 saturated heterocycles. The van der Waals surface area contributed by atoms with Crippen molar-refractivity contribution in [2.24, 2.45) is 0 Å². The summed E-state index contributed by atoms with van der Waals surface area (Å²) in [5.41, 5.74) is 1.40. The first-order chi connectivity index (χ1) is 13.3. The number of hydrogen-bond donors (Lipinski definition) is 1. The fourth-order valence-corrected chi connectivity index (χ4v) is 4.28. The van der Waals surface area contributed by atoms with Crippen LogP contribution < -0.4 is 5.32 Å². The van der Waals surface area contributed by atoms with Gasteiger partial charge in [-0.2, -0.15) is 0 Å². The quantitative estimate of drug-likeness (QED) is 0.685. The number of carbonyl (C=O) groups is 1. The Labute approximate surface area is 162 Å². The normalized spacial score (nSPS) is 11.4. The van der Waals surface area contributed by atoms with Crippen LogP contribution in [0.1, 0.15) is 5.56 Å². The molecule has 1 aromatic heterocycles. The Morgan fingerprint density at radius 1 is 1.14 bits per heavy atom. The molecule has 6 nitrogen and oxygen atoms in total. The third kappa shape index (κ3) is 3.97.